The summed E-state index contributed by atoms with van der Waals surface area (Å²) in [5.74, 6) is 0. The largest absolute Gasteiger partial charge is 0.151 e. The zero-order valence-corrected chi connectivity index (χ0v) is 5.06. The summed E-state index contributed by atoms with van der Waals surface area (Å²) in [5, 5.41) is 3.41. The summed E-state index contributed by atoms with van der Waals surface area (Å²) in [4.78, 5) is 0. The van der Waals surface area contributed by atoms with Crippen LogP contribution in [0.2, 0.25) is 0 Å². The standard InChI is InChI=1S/C2H4S3/c3-1-2-5-4/h1-4H/b2-1+. The Labute approximate surface area is 46.2 Å². The molecule has 0 fully saturated rings. The summed E-state index contributed by atoms with van der Waals surface area (Å²) >= 11 is 7.53. The first kappa shape index (κ1) is 5.79. The predicted molar refractivity (Wildman–Crippen MR) is 34.7 cm³/mol. The van der Waals surface area contributed by atoms with Gasteiger partial charge in [0.05, 0.1) is 0 Å². The predicted octanol–water partition coefficient (Wildman–Crippen LogP) is 1.97. The molecule has 0 rings (SSSR count). The highest BCUT2D eigenvalue weighted by Gasteiger charge is 1.53. The molecule has 0 N–H and O–H groups in total. The van der Waals surface area contributed by atoms with E-state index in [9.17, 15) is 0 Å². The zero-order chi connectivity index (χ0) is 4.12. The molecule has 3 heteroatoms. The SMILES string of the molecule is S/C=C/SS. The van der Waals surface area contributed by atoms with Crippen LogP contribution in [0.1, 0.15) is 0 Å². The lowest BCUT2D eigenvalue weighted by Crippen LogP contribution is -1.21. The minimum absolute atomic E-state index is 1.34. The van der Waals surface area contributed by atoms with Gasteiger partial charge in [0.1, 0.15) is 0 Å². The fourth-order valence-corrected chi connectivity index (χ4v) is 0.735. The molecule has 0 atom stereocenters. The van der Waals surface area contributed by atoms with E-state index in [0.717, 1.165) is 0 Å². The molecule has 0 saturated carbocycles. The molecule has 0 aromatic carbocycles. The van der Waals surface area contributed by atoms with Gasteiger partial charge in [0, 0.05) is 0 Å². The van der Waals surface area contributed by atoms with Crippen LogP contribution in [0.15, 0.2) is 10.8 Å². The molecule has 0 aromatic rings. The van der Waals surface area contributed by atoms with Gasteiger partial charge in [0.15, 0.2) is 0 Å². The van der Waals surface area contributed by atoms with Crippen molar-refractivity contribution in [2.45, 2.75) is 0 Å². The van der Waals surface area contributed by atoms with Crippen molar-refractivity contribution in [1.29, 1.82) is 0 Å². The van der Waals surface area contributed by atoms with E-state index >= 15 is 0 Å². The van der Waals surface area contributed by atoms with E-state index in [1.165, 1.54) is 10.8 Å². The molecule has 0 radical (unpaired) electrons. The Bertz CT molecular complexity index is 31.9. The molecule has 0 aliphatic carbocycles. The van der Waals surface area contributed by atoms with Crippen molar-refractivity contribution >= 4 is 35.1 Å². The molecular formula is C2H4S3. The molecule has 0 bridgehead atoms. The fraction of sp³-hybridized carbons (Fsp3) is 0. The Balaban J connectivity index is 2.62. The van der Waals surface area contributed by atoms with Gasteiger partial charge in [-0.1, -0.05) is 10.8 Å². The van der Waals surface area contributed by atoms with Gasteiger partial charge in [-0.3, -0.25) is 0 Å². The average molecular weight is 124 g/mol. The van der Waals surface area contributed by atoms with Crippen molar-refractivity contribution in [2.24, 2.45) is 0 Å². The Kier molecular flexibility index (Phi) is 5.55. The molecule has 0 spiro atoms. The molecule has 5 heavy (non-hydrogen) atoms. The third kappa shape index (κ3) is 4.79. The summed E-state index contributed by atoms with van der Waals surface area (Å²) in [5.41, 5.74) is 0. The van der Waals surface area contributed by atoms with Crippen molar-refractivity contribution in [3.8, 4) is 0 Å². The van der Waals surface area contributed by atoms with E-state index in [-0.39, 0.29) is 0 Å². The highest BCUT2D eigenvalue weighted by atomic mass is 33.1. The van der Waals surface area contributed by atoms with E-state index in [2.05, 4.69) is 24.3 Å². The first-order valence-corrected chi connectivity index (χ1v) is 3.46. The molecule has 0 aliphatic rings. The van der Waals surface area contributed by atoms with Gasteiger partial charge in [0.25, 0.3) is 0 Å². The molecular weight excluding hydrogens is 120 g/mol. The van der Waals surface area contributed by atoms with E-state index in [1.54, 1.807) is 10.8 Å². The minimum Gasteiger partial charge on any atom is -0.151 e. The number of hydrogen-bond acceptors (Lipinski definition) is 3. The fourth-order valence-electron chi connectivity index (χ4n) is 0.0272. The van der Waals surface area contributed by atoms with Crippen molar-refractivity contribution < 1.29 is 0 Å². The molecule has 0 amide bonds. The number of hydrogen-bond donors (Lipinski definition) is 2. The summed E-state index contributed by atoms with van der Waals surface area (Å²) in [6, 6.07) is 0. The van der Waals surface area contributed by atoms with E-state index < -0.39 is 0 Å². The molecule has 0 saturated heterocycles. The van der Waals surface area contributed by atoms with Crippen molar-refractivity contribution in [1.82, 2.24) is 0 Å². The maximum absolute atomic E-state index is 3.78. The van der Waals surface area contributed by atoms with Crippen LogP contribution < -0.4 is 0 Å². The monoisotopic (exact) mass is 124 g/mol. The van der Waals surface area contributed by atoms with Crippen molar-refractivity contribution in [2.75, 3.05) is 0 Å². The second kappa shape index (κ2) is 4.79. The summed E-state index contributed by atoms with van der Waals surface area (Å²) in [6.07, 6.45) is 0. The Morgan fingerprint density at radius 3 is 2.20 bits per heavy atom. The van der Waals surface area contributed by atoms with Gasteiger partial charge in [0.2, 0.25) is 0 Å². The highest BCUT2D eigenvalue weighted by Crippen LogP contribution is 2.05. The maximum Gasteiger partial charge on any atom is -0.0123 e. The van der Waals surface area contributed by atoms with Gasteiger partial charge < -0.3 is 0 Å². The van der Waals surface area contributed by atoms with Crippen LogP contribution in [0.5, 0.6) is 0 Å². The van der Waals surface area contributed by atoms with Gasteiger partial charge >= 0.3 is 0 Å². The second-order valence-corrected chi connectivity index (χ2v) is 1.80. The number of thiol groups is 2. The van der Waals surface area contributed by atoms with Crippen LogP contribution in [-0.2, 0) is 0 Å². The van der Waals surface area contributed by atoms with Gasteiger partial charge in [-0.2, -0.15) is 12.6 Å². The van der Waals surface area contributed by atoms with Crippen LogP contribution in [0, 0.1) is 0 Å². The Morgan fingerprint density at radius 2 is 2.20 bits per heavy atom. The first-order chi connectivity index (χ1) is 2.41. The van der Waals surface area contributed by atoms with E-state index in [4.69, 9.17) is 0 Å². The second-order valence-electron chi connectivity index (χ2n) is 0.391. The molecule has 0 heterocycles. The van der Waals surface area contributed by atoms with Crippen molar-refractivity contribution in [3.63, 3.8) is 0 Å². The molecule has 0 aromatic heterocycles. The van der Waals surface area contributed by atoms with Gasteiger partial charge in [-0.05, 0) is 10.8 Å². The third-order valence-corrected chi connectivity index (χ3v) is 1.10. The van der Waals surface area contributed by atoms with Crippen LogP contribution in [0.4, 0.5) is 0 Å². The maximum atomic E-state index is 3.78. The smallest absolute Gasteiger partial charge is 0.0123 e. The molecule has 0 nitrogen and oxygen atoms in total. The lowest BCUT2D eigenvalue weighted by atomic mass is 11.3. The Morgan fingerprint density at radius 1 is 1.60 bits per heavy atom. The topological polar surface area (TPSA) is 0 Å². The van der Waals surface area contributed by atoms with E-state index in [1.807, 2.05) is 0 Å². The van der Waals surface area contributed by atoms with E-state index in [0.29, 0.717) is 0 Å². The van der Waals surface area contributed by atoms with Gasteiger partial charge in [-0.25, -0.2) is 0 Å². The highest BCUT2D eigenvalue weighted by molar-refractivity contribution is 8.69. The number of rotatable bonds is 1. The van der Waals surface area contributed by atoms with Crippen LogP contribution in [-0.4, -0.2) is 0 Å². The summed E-state index contributed by atoms with van der Waals surface area (Å²) in [7, 11) is 1.34. The quantitative estimate of drug-likeness (QED) is 0.398. The van der Waals surface area contributed by atoms with Crippen LogP contribution in [0.3, 0.4) is 0 Å². The van der Waals surface area contributed by atoms with Crippen molar-refractivity contribution in [3.05, 3.63) is 10.8 Å². The zero-order valence-electron chi connectivity index (χ0n) is 2.46. The minimum atomic E-state index is 1.34. The molecule has 0 aliphatic heterocycles. The van der Waals surface area contributed by atoms with Crippen LogP contribution >= 0.6 is 35.1 Å². The average Bonchev–Trinajstić information content (AvgIpc) is 1.41. The summed E-state index contributed by atoms with van der Waals surface area (Å²) in [6.45, 7) is 0. The lowest BCUT2D eigenvalue weighted by Gasteiger charge is -1.64. The lowest BCUT2D eigenvalue weighted by molar-refractivity contribution is 2.60. The molecule has 30 valence electrons. The first-order valence-electron chi connectivity index (χ1n) is 1.01. The van der Waals surface area contributed by atoms with Crippen LogP contribution in [0.25, 0.3) is 0 Å². The normalized spacial score (nSPS) is 10.0. The van der Waals surface area contributed by atoms with Gasteiger partial charge in [-0.15, -0.1) is 11.7 Å². The third-order valence-electron chi connectivity index (χ3n) is 0.122. The summed E-state index contributed by atoms with van der Waals surface area (Å²) < 4.78 is 0. The molecule has 0 unspecified atom stereocenters. The Hall–Kier alpha value is 0.790.